The Bertz CT molecular complexity index is 1030. The third kappa shape index (κ3) is 3.20. The smallest absolute Gasteiger partial charge is 0.340 e. The van der Waals surface area contributed by atoms with Crippen molar-refractivity contribution in [2.24, 2.45) is 0 Å². The van der Waals surface area contributed by atoms with Crippen molar-refractivity contribution in [3.8, 4) is 11.4 Å². The quantitative estimate of drug-likeness (QED) is 0.498. The second-order valence-corrected chi connectivity index (χ2v) is 8.56. The highest BCUT2D eigenvalue weighted by atomic mass is 16.5. The summed E-state index contributed by atoms with van der Waals surface area (Å²) in [4.78, 5) is 12.5. The Hall–Kier alpha value is -3.01. The van der Waals surface area contributed by atoms with Crippen LogP contribution in [0.3, 0.4) is 0 Å². The Labute approximate surface area is 178 Å². The van der Waals surface area contributed by atoms with Gasteiger partial charge in [-0.1, -0.05) is 38.1 Å². The topological polar surface area (TPSA) is 40.5 Å². The molecular weight excluding hydrogens is 374 g/mol. The van der Waals surface area contributed by atoms with Crippen molar-refractivity contribution < 1.29 is 14.3 Å². The lowest BCUT2D eigenvalue weighted by molar-refractivity contribution is 0.0600. The number of hydrogen-bond acceptors (Lipinski definition) is 3. The van der Waals surface area contributed by atoms with E-state index < -0.39 is 0 Å². The highest BCUT2D eigenvalue weighted by Gasteiger charge is 2.53. The van der Waals surface area contributed by atoms with Crippen LogP contribution in [0.15, 0.2) is 67.0 Å². The summed E-state index contributed by atoms with van der Waals surface area (Å²) in [5, 5.41) is 0. The maximum absolute atomic E-state index is 12.5. The maximum Gasteiger partial charge on any atom is 0.340 e. The normalized spacial score (nSPS) is 22.9. The third-order valence-corrected chi connectivity index (χ3v) is 6.79. The van der Waals surface area contributed by atoms with Gasteiger partial charge < -0.3 is 14.0 Å². The van der Waals surface area contributed by atoms with E-state index in [9.17, 15) is 4.79 Å². The number of nitrogens with zero attached hydrogens (tertiary/aromatic N) is 1. The molecule has 0 N–H and O–H groups in total. The van der Waals surface area contributed by atoms with Gasteiger partial charge in [0.15, 0.2) is 0 Å². The van der Waals surface area contributed by atoms with Crippen LogP contribution in [0.4, 0.5) is 0 Å². The van der Waals surface area contributed by atoms with Crippen molar-refractivity contribution in [1.29, 1.82) is 0 Å². The molecular formula is C26H29NO3. The van der Waals surface area contributed by atoms with Crippen molar-refractivity contribution in [2.75, 3.05) is 14.2 Å². The molecule has 1 aliphatic carbocycles. The zero-order valence-corrected chi connectivity index (χ0v) is 18.1. The number of aromatic nitrogens is 1. The third-order valence-electron chi connectivity index (χ3n) is 6.79. The number of rotatable bonds is 6. The molecule has 4 heteroatoms. The average molecular weight is 404 g/mol. The van der Waals surface area contributed by atoms with Gasteiger partial charge in [-0.2, -0.15) is 0 Å². The van der Waals surface area contributed by atoms with Crippen LogP contribution in [-0.2, 0) is 15.6 Å². The molecule has 0 unspecified atom stereocenters. The number of esters is 1. The van der Waals surface area contributed by atoms with E-state index in [0.29, 0.717) is 5.56 Å². The molecule has 3 aromatic rings. The van der Waals surface area contributed by atoms with Gasteiger partial charge in [-0.25, -0.2) is 4.79 Å². The Balaban J connectivity index is 1.75. The fraction of sp³-hybridized carbons (Fsp3) is 0.346. The first-order valence-corrected chi connectivity index (χ1v) is 10.5. The number of para-hydroxylation sites is 1. The molecule has 1 aromatic heterocycles. The molecule has 0 atom stereocenters. The molecule has 4 rings (SSSR count). The largest absolute Gasteiger partial charge is 0.497 e. The van der Waals surface area contributed by atoms with Crippen molar-refractivity contribution in [1.82, 2.24) is 4.57 Å². The lowest BCUT2D eigenvalue weighted by Gasteiger charge is -2.56. The fourth-order valence-electron chi connectivity index (χ4n) is 5.30. The molecule has 0 radical (unpaired) electrons. The molecule has 0 bridgehead atoms. The Kier molecular flexibility index (Phi) is 5.19. The van der Waals surface area contributed by atoms with E-state index in [4.69, 9.17) is 9.47 Å². The molecule has 4 nitrogen and oxygen atoms in total. The number of benzene rings is 2. The van der Waals surface area contributed by atoms with Crippen LogP contribution < -0.4 is 4.74 Å². The van der Waals surface area contributed by atoms with Crippen LogP contribution in [0.25, 0.3) is 5.69 Å². The van der Waals surface area contributed by atoms with Crippen molar-refractivity contribution in [3.63, 3.8) is 0 Å². The van der Waals surface area contributed by atoms with Gasteiger partial charge >= 0.3 is 5.97 Å². The molecule has 1 heterocycles. The Morgan fingerprint density at radius 1 is 1.00 bits per heavy atom. The van der Waals surface area contributed by atoms with E-state index >= 15 is 0 Å². The summed E-state index contributed by atoms with van der Waals surface area (Å²) in [5.74, 6) is 0.577. The first-order chi connectivity index (χ1) is 14.5. The summed E-state index contributed by atoms with van der Waals surface area (Å²) >= 11 is 0. The molecule has 0 saturated heterocycles. The van der Waals surface area contributed by atoms with E-state index in [1.54, 1.807) is 7.11 Å². The minimum atomic E-state index is -0.305. The zero-order chi connectivity index (χ0) is 21.4. The highest BCUT2D eigenvalue weighted by Crippen LogP contribution is 2.59. The van der Waals surface area contributed by atoms with Crippen LogP contribution >= 0.6 is 0 Å². The molecule has 0 aliphatic heterocycles. The minimum absolute atomic E-state index is 0.0282. The number of ether oxygens (including phenoxy) is 2. The van der Waals surface area contributed by atoms with Gasteiger partial charge in [0.25, 0.3) is 0 Å². The van der Waals surface area contributed by atoms with Crippen LogP contribution in [0.1, 0.15) is 54.6 Å². The molecule has 0 spiro atoms. The first-order valence-electron chi connectivity index (χ1n) is 10.5. The number of methoxy groups -OCH3 is 2. The van der Waals surface area contributed by atoms with Crippen LogP contribution in [0.2, 0.25) is 0 Å². The summed E-state index contributed by atoms with van der Waals surface area (Å²) in [6.45, 7) is 4.58. The van der Waals surface area contributed by atoms with Gasteiger partial charge in [0.2, 0.25) is 0 Å². The van der Waals surface area contributed by atoms with Crippen LogP contribution in [0.5, 0.6) is 5.75 Å². The van der Waals surface area contributed by atoms with Gasteiger partial charge in [-0.05, 0) is 71.6 Å². The number of carbonyl (C=O) groups is 1. The number of carbonyl (C=O) groups excluding carboxylic acids is 1. The summed E-state index contributed by atoms with van der Waals surface area (Å²) in [6.07, 6.45) is 7.11. The predicted octanol–water partition coefficient (Wildman–Crippen LogP) is 5.67. The highest BCUT2D eigenvalue weighted by molar-refractivity contribution is 5.94. The SMILES string of the molecule is CCC1(c2ccc(OC)cc2)CC(C)(c2cccc(C(=O)OC)c2-n2cccc2)C1. The van der Waals surface area contributed by atoms with Crippen LogP contribution in [-0.4, -0.2) is 24.8 Å². The van der Waals surface area contributed by atoms with E-state index in [2.05, 4.69) is 32.0 Å². The Morgan fingerprint density at radius 3 is 2.23 bits per heavy atom. The summed E-state index contributed by atoms with van der Waals surface area (Å²) < 4.78 is 12.5. The van der Waals surface area contributed by atoms with E-state index in [1.165, 1.54) is 18.2 Å². The maximum atomic E-state index is 12.5. The van der Waals surface area contributed by atoms with Crippen LogP contribution in [0, 0.1) is 0 Å². The first kappa shape index (κ1) is 20.3. The molecule has 30 heavy (non-hydrogen) atoms. The molecule has 1 aliphatic rings. The minimum Gasteiger partial charge on any atom is -0.497 e. The lowest BCUT2D eigenvalue weighted by Crippen LogP contribution is -2.51. The van der Waals surface area contributed by atoms with E-state index in [1.807, 2.05) is 53.4 Å². The Morgan fingerprint density at radius 2 is 1.67 bits per heavy atom. The van der Waals surface area contributed by atoms with Gasteiger partial charge in [0.05, 0.1) is 25.5 Å². The van der Waals surface area contributed by atoms with E-state index in [0.717, 1.165) is 30.7 Å². The fourth-order valence-corrected chi connectivity index (χ4v) is 5.30. The average Bonchev–Trinajstić information content (AvgIpc) is 3.30. The van der Waals surface area contributed by atoms with Crippen molar-refractivity contribution >= 4 is 5.97 Å². The van der Waals surface area contributed by atoms with Gasteiger partial charge in [0, 0.05) is 12.4 Å². The molecule has 0 amide bonds. The van der Waals surface area contributed by atoms with Gasteiger partial charge in [-0.3, -0.25) is 0 Å². The molecule has 156 valence electrons. The summed E-state index contributed by atoms with van der Waals surface area (Å²) in [6, 6.07) is 18.4. The molecule has 2 aromatic carbocycles. The second kappa shape index (κ2) is 7.67. The lowest BCUT2D eigenvalue weighted by atomic mass is 9.48. The standard InChI is InChI=1S/C26H29NO3/c1-5-26(19-11-13-20(29-3)14-12-19)17-25(2,18-26)22-10-8-9-21(24(28)30-4)23(22)27-15-6-7-16-27/h6-16H,5,17-18H2,1-4H3. The molecule has 1 fully saturated rings. The van der Waals surface area contributed by atoms with Crippen molar-refractivity contribution in [2.45, 2.75) is 43.9 Å². The van der Waals surface area contributed by atoms with Crippen molar-refractivity contribution in [3.05, 3.63) is 83.7 Å². The summed E-state index contributed by atoms with van der Waals surface area (Å²) in [5.41, 5.74) is 4.19. The number of hydrogen-bond donors (Lipinski definition) is 0. The summed E-state index contributed by atoms with van der Waals surface area (Å²) in [7, 11) is 3.13. The van der Waals surface area contributed by atoms with Gasteiger partial charge in [0.1, 0.15) is 5.75 Å². The molecule has 1 saturated carbocycles. The van der Waals surface area contributed by atoms with Gasteiger partial charge in [-0.15, -0.1) is 0 Å². The second-order valence-electron chi connectivity index (χ2n) is 8.56. The zero-order valence-electron chi connectivity index (χ0n) is 18.1. The monoisotopic (exact) mass is 403 g/mol. The predicted molar refractivity (Wildman–Crippen MR) is 119 cm³/mol. The van der Waals surface area contributed by atoms with E-state index in [-0.39, 0.29) is 16.8 Å².